The highest BCUT2D eigenvalue weighted by atomic mass is 16.5. The second-order valence-electron chi connectivity index (χ2n) is 6.83. The molecule has 0 radical (unpaired) electrons. The highest BCUT2D eigenvalue weighted by molar-refractivity contribution is 5.80. The Morgan fingerprint density at radius 3 is 2.29 bits per heavy atom. The van der Waals surface area contributed by atoms with Gasteiger partial charge < -0.3 is 19.9 Å². The van der Waals surface area contributed by atoms with E-state index >= 15 is 0 Å². The Balaban J connectivity index is 1.37. The van der Waals surface area contributed by atoms with Crippen molar-refractivity contribution in [2.24, 2.45) is 0 Å². The molecule has 2 amide bonds. The molecule has 0 bridgehead atoms. The minimum Gasteiger partial charge on any atom is -0.497 e. The molecule has 2 aromatic rings. The van der Waals surface area contributed by atoms with Gasteiger partial charge in [0.1, 0.15) is 5.75 Å². The lowest BCUT2D eigenvalue weighted by molar-refractivity contribution is -0.131. The second-order valence-corrected chi connectivity index (χ2v) is 6.83. The Hall–Kier alpha value is -3.02. The topological polar surface area (TPSA) is 61.9 Å². The normalized spacial score (nSPS) is 13.9. The Kier molecular flexibility index (Phi) is 6.89. The minimum atomic E-state index is -0.0525. The van der Waals surface area contributed by atoms with E-state index in [4.69, 9.17) is 4.74 Å². The lowest BCUT2D eigenvalue weighted by Gasteiger charge is -2.36. The molecule has 0 aliphatic carbocycles. The number of ether oxygens (including phenoxy) is 1. The fourth-order valence-corrected chi connectivity index (χ4v) is 3.32. The van der Waals surface area contributed by atoms with Crippen LogP contribution in [0, 0.1) is 0 Å². The number of carbonyl (C=O) groups excluding carboxylic acids is 2. The number of rotatable bonds is 7. The van der Waals surface area contributed by atoms with E-state index in [0.29, 0.717) is 32.5 Å². The van der Waals surface area contributed by atoms with Crippen molar-refractivity contribution in [3.05, 3.63) is 60.2 Å². The van der Waals surface area contributed by atoms with Gasteiger partial charge in [-0.15, -0.1) is 0 Å². The molecule has 6 nitrogen and oxygen atoms in total. The number of piperazine rings is 1. The van der Waals surface area contributed by atoms with Gasteiger partial charge in [0.2, 0.25) is 11.8 Å². The first-order valence-corrected chi connectivity index (χ1v) is 9.63. The molecule has 1 saturated heterocycles. The maximum atomic E-state index is 12.4. The number of carbonyl (C=O) groups is 2. The fourth-order valence-electron chi connectivity index (χ4n) is 3.32. The van der Waals surface area contributed by atoms with Gasteiger partial charge in [-0.1, -0.05) is 30.3 Å². The number of amides is 2. The van der Waals surface area contributed by atoms with E-state index in [0.717, 1.165) is 30.1 Å². The van der Waals surface area contributed by atoms with E-state index in [1.54, 1.807) is 7.11 Å². The molecule has 28 heavy (non-hydrogen) atoms. The van der Waals surface area contributed by atoms with Gasteiger partial charge in [-0.3, -0.25) is 9.59 Å². The summed E-state index contributed by atoms with van der Waals surface area (Å²) < 4.78 is 5.19. The molecule has 0 spiro atoms. The summed E-state index contributed by atoms with van der Waals surface area (Å²) in [4.78, 5) is 28.5. The molecule has 2 aromatic carbocycles. The number of hydrogen-bond donors (Lipinski definition) is 1. The van der Waals surface area contributed by atoms with E-state index in [-0.39, 0.29) is 11.8 Å². The SMILES string of the molecule is COc1ccc(N2CCN(C(=O)CCNC(=O)Cc3ccccc3)CC2)cc1. The molecule has 148 valence electrons. The van der Waals surface area contributed by atoms with Gasteiger partial charge in [-0.25, -0.2) is 0 Å². The van der Waals surface area contributed by atoms with Crippen molar-refractivity contribution in [3.63, 3.8) is 0 Å². The summed E-state index contributed by atoms with van der Waals surface area (Å²) in [5, 5.41) is 2.84. The minimum absolute atomic E-state index is 0.0525. The molecule has 0 atom stereocenters. The number of nitrogens with one attached hydrogen (secondary N) is 1. The average molecular weight is 381 g/mol. The molecule has 0 aromatic heterocycles. The molecule has 3 rings (SSSR count). The van der Waals surface area contributed by atoms with Crippen LogP contribution in [-0.4, -0.2) is 56.5 Å². The summed E-state index contributed by atoms with van der Waals surface area (Å²) in [7, 11) is 1.66. The van der Waals surface area contributed by atoms with Gasteiger partial charge in [0.15, 0.2) is 0 Å². The zero-order valence-corrected chi connectivity index (χ0v) is 16.3. The maximum Gasteiger partial charge on any atom is 0.224 e. The summed E-state index contributed by atoms with van der Waals surface area (Å²) in [5.74, 6) is 0.879. The van der Waals surface area contributed by atoms with Gasteiger partial charge in [0, 0.05) is 44.8 Å². The van der Waals surface area contributed by atoms with Crippen LogP contribution in [0.5, 0.6) is 5.75 Å². The van der Waals surface area contributed by atoms with E-state index in [1.807, 2.05) is 59.5 Å². The van der Waals surface area contributed by atoms with Crippen LogP contribution in [-0.2, 0) is 16.0 Å². The lowest BCUT2D eigenvalue weighted by atomic mass is 10.1. The van der Waals surface area contributed by atoms with Crippen LogP contribution in [0.15, 0.2) is 54.6 Å². The quantitative estimate of drug-likeness (QED) is 0.798. The third-order valence-corrected chi connectivity index (χ3v) is 4.94. The van der Waals surface area contributed by atoms with Crippen LogP contribution < -0.4 is 15.0 Å². The molecular formula is C22H27N3O3. The summed E-state index contributed by atoms with van der Waals surface area (Å²) >= 11 is 0. The van der Waals surface area contributed by atoms with E-state index in [9.17, 15) is 9.59 Å². The van der Waals surface area contributed by atoms with Crippen LogP contribution in [0.25, 0.3) is 0 Å². The summed E-state index contributed by atoms with van der Waals surface area (Å²) in [5.41, 5.74) is 2.11. The molecular weight excluding hydrogens is 354 g/mol. The Morgan fingerprint density at radius 1 is 0.964 bits per heavy atom. The first-order valence-electron chi connectivity index (χ1n) is 9.63. The number of methoxy groups -OCH3 is 1. The summed E-state index contributed by atoms with van der Waals surface area (Å²) in [6, 6.07) is 17.6. The van der Waals surface area contributed by atoms with Crippen molar-refractivity contribution in [2.75, 3.05) is 44.7 Å². The zero-order chi connectivity index (χ0) is 19.8. The molecule has 1 fully saturated rings. The van der Waals surface area contributed by atoms with Crippen LogP contribution in [0.1, 0.15) is 12.0 Å². The maximum absolute atomic E-state index is 12.4. The number of benzene rings is 2. The van der Waals surface area contributed by atoms with Gasteiger partial charge >= 0.3 is 0 Å². The number of nitrogens with zero attached hydrogens (tertiary/aromatic N) is 2. The van der Waals surface area contributed by atoms with Gasteiger partial charge in [0.25, 0.3) is 0 Å². The number of hydrogen-bond acceptors (Lipinski definition) is 4. The zero-order valence-electron chi connectivity index (χ0n) is 16.3. The molecule has 1 N–H and O–H groups in total. The third-order valence-electron chi connectivity index (χ3n) is 4.94. The Labute approximate surface area is 166 Å². The van der Waals surface area contributed by atoms with Gasteiger partial charge in [0.05, 0.1) is 13.5 Å². The van der Waals surface area contributed by atoms with Crippen molar-refractivity contribution in [1.29, 1.82) is 0 Å². The van der Waals surface area contributed by atoms with Crippen LogP contribution in [0.2, 0.25) is 0 Å². The Morgan fingerprint density at radius 2 is 1.64 bits per heavy atom. The molecule has 1 aliphatic rings. The second kappa shape index (κ2) is 9.78. The van der Waals surface area contributed by atoms with E-state index in [2.05, 4.69) is 10.2 Å². The molecule has 1 aliphatic heterocycles. The monoisotopic (exact) mass is 381 g/mol. The predicted molar refractivity (Wildman–Crippen MR) is 110 cm³/mol. The van der Waals surface area contributed by atoms with Crippen molar-refractivity contribution in [1.82, 2.24) is 10.2 Å². The molecule has 6 heteroatoms. The predicted octanol–water partition coefficient (Wildman–Crippen LogP) is 2.09. The van der Waals surface area contributed by atoms with Crippen molar-refractivity contribution >= 4 is 17.5 Å². The highest BCUT2D eigenvalue weighted by Gasteiger charge is 2.21. The van der Waals surface area contributed by atoms with Crippen LogP contribution in [0.4, 0.5) is 5.69 Å². The first-order chi connectivity index (χ1) is 13.7. The van der Waals surface area contributed by atoms with E-state index < -0.39 is 0 Å². The first kappa shape index (κ1) is 19.7. The lowest BCUT2D eigenvalue weighted by Crippen LogP contribution is -2.49. The van der Waals surface area contributed by atoms with E-state index in [1.165, 1.54) is 0 Å². The molecule has 0 saturated carbocycles. The van der Waals surface area contributed by atoms with Crippen LogP contribution in [0.3, 0.4) is 0 Å². The molecule has 1 heterocycles. The molecule has 0 unspecified atom stereocenters. The van der Waals surface area contributed by atoms with Crippen LogP contribution >= 0.6 is 0 Å². The summed E-state index contributed by atoms with van der Waals surface area (Å²) in [6.07, 6.45) is 0.679. The van der Waals surface area contributed by atoms with Gasteiger partial charge in [-0.05, 0) is 29.8 Å². The highest BCUT2D eigenvalue weighted by Crippen LogP contribution is 2.20. The average Bonchev–Trinajstić information content (AvgIpc) is 2.74. The smallest absolute Gasteiger partial charge is 0.224 e. The fraction of sp³-hybridized carbons (Fsp3) is 0.364. The van der Waals surface area contributed by atoms with Gasteiger partial charge in [-0.2, -0.15) is 0 Å². The van der Waals surface area contributed by atoms with Crippen molar-refractivity contribution in [2.45, 2.75) is 12.8 Å². The standard InChI is InChI=1S/C22H27N3O3/c1-28-20-9-7-19(8-10-20)24-13-15-25(16-14-24)22(27)11-12-23-21(26)17-18-5-3-2-4-6-18/h2-10H,11-17H2,1H3,(H,23,26). The summed E-state index contributed by atoms with van der Waals surface area (Å²) in [6.45, 7) is 3.38. The largest absolute Gasteiger partial charge is 0.497 e. The Bertz CT molecular complexity index is 769. The third kappa shape index (κ3) is 5.49. The van der Waals surface area contributed by atoms with Crippen molar-refractivity contribution in [3.8, 4) is 5.75 Å². The van der Waals surface area contributed by atoms with Crippen molar-refractivity contribution < 1.29 is 14.3 Å². The number of anilines is 1.